The van der Waals surface area contributed by atoms with Crippen LogP contribution in [0.15, 0.2) is 71.3 Å². The number of aryl methyl sites for hydroxylation is 2. The zero-order valence-electron chi connectivity index (χ0n) is 16.6. The molecule has 0 aliphatic carbocycles. The summed E-state index contributed by atoms with van der Waals surface area (Å²) in [6, 6.07) is 20.5. The predicted molar refractivity (Wildman–Crippen MR) is 115 cm³/mol. The van der Waals surface area contributed by atoms with Gasteiger partial charge in [-0.15, -0.1) is 0 Å². The number of rotatable bonds is 8. The molecule has 0 N–H and O–H groups in total. The maximum atomic E-state index is 12.5. The Hall–Kier alpha value is -3.27. The van der Waals surface area contributed by atoms with Gasteiger partial charge in [0.15, 0.2) is 11.2 Å². The Morgan fingerprint density at radius 2 is 1.76 bits per heavy atom. The van der Waals surface area contributed by atoms with E-state index in [0.29, 0.717) is 17.7 Å². The highest BCUT2D eigenvalue weighted by molar-refractivity contribution is 5.94. The number of benzene rings is 2. The first-order valence-electron chi connectivity index (χ1n) is 10.1. The molecule has 2 aromatic carbocycles. The zero-order valence-corrected chi connectivity index (χ0v) is 16.6. The number of aromatic nitrogens is 2. The summed E-state index contributed by atoms with van der Waals surface area (Å²) in [5, 5.41) is 0. The second kappa shape index (κ2) is 8.82. The molecule has 0 saturated carbocycles. The largest absolute Gasteiger partial charge is 0.432 e. The molecule has 0 aliphatic heterocycles. The standard InChI is InChI=1S/C25H24N2O2/c1-18-10-8-9-14-21(18)20-16-23-24(26-17-20)27-25(29-23)22(28)15-7-3-6-13-19-11-4-2-5-12-19/h2,4-5,8-12,14,16-17H,3,6-7,13,15H2,1H3. The molecule has 0 bridgehead atoms. The molecule has 4 rings (SSSR count). The number of ketones is 1. The Bertz CT molecular complexity index is 1120. The lowest BCUT2D eigenvalue weighted by Crippen LogP contribution is -1.99. The fourth-order valence-electron chi connectivity index (χ4n) is 3.53. The summed E-state index contributed by atoms with van der Waals surface area (Å²) in [5.74, 6) is 0.109. The number of unbranched alkanes of at least 4 members (excludes halogenated alkanes) is 2. The highest BCUT2D eigenvalue weighted by Crippen LogP contribution is 2.26. The third kappa shape index (κ3) is 4.60. The van der Waals surface area contributed by atoms with E-state index < -0.39 is 0 Å². The van der Waals surface area contributed by atoms with Crippen molar-refractivity contribution in [2.75, 3.05) is 0 Å². The molecule has 0 unspecified atom stereocenters. The highest BCUT2D eigenvalue weighted by Gasteiger charge is 2.15. The van der Waals surface area contributed by atoms with Crippen molar-refractivity contribution in [2.24, 2.45) is 0 Å². The van der Waals surface area contributed by atoms with Gasteiger partial charge in [0.1, 0.15) is 0 Å². The van der Waals surface area contributed by atoms with Gasteiger partial charge in [0.25, 0.3) is 5.89 Å². The average Bonchev–Trinajstić information content (AvgIpc) is 3.18. The van der Waals surface area contributed by atoms with Crippen molar-refractivity contribution in [3.8, 4) is 11.1 Å². The van der Waals surface area contributed by atoms with Crippen LogP contribution in [0.5, 0.6) is 0 Å². The van der Waals surface area contributed by atoms with Crippen LogP contribution in [0.2, 0.25) is 0 Å². The molecule has 146 valence electrons. The molecule has 4 heteroatoms. The Labute approximate surface area is 170 Å². The molecular weight excluding hydrogens is 360 g/mol. The average molecular weight is 384 g/mol. The Morgan fingerprint density at radius 3 is 2.59 bits per heavy atom. The van der Waals surface area contributed by atoms with E-state index in [2.05, 4.69) is 53.3 Å². The number of pyridine rings is 1. The number of Topliss-reactive ketones (excluding diaryl/α,β-unsaturated/α-hetero) is 1. The summed E-state index contributed by atoms with van der Waals surface area (Å²) >= 11 is 0. The van der Waals surface area contributed by atoms with Gasteiger partial charge in [-0.1, -0.05) is 61.0 Å². The molecule has 0 aliphatic rings. The second-order valence-electron chi connectivity index (χ2n) is 7.35. The van der Waals surface area contributed by atoms with Crippen molar-refractivity contribution >= 4 is 17.0 Å². The lowest BCUT2D eigenvalue weighted by atomic mass is 10.0. The van der Waals surface area contributed by atoms with Crippen molar-refractivity contribution in [2.45, 2.75) is 39.0 Å². The van der Waals surface area contributed by atoms with Gasteiger partial charge in [0, 0.05) is 18.2 Å². The van der Waals surface area contributed by atoms with Gasteiger partial charge in [-0.05, 0) is 48.9 Å². The molecule has 0 saturated heterocycles. The molecule has 0 radical (unpaired) electrons. The van der Waals surface area contributed by atoms with E-state index in [9.17, 15) is 4.79 Å². The molecule has 0 amide bonds. The van der Waals surface area contributed by atoms with Gasteiger partial charge in [0.05, 0.1) is 0 Å². The zero-order chi connectivity index (χ0) is 20.1. The monoisotopic (exact) mass is 384 g/mol. The fraction of sp³-hybridized carbons (Fsp3) is 0.240. The Morgan fingerprint density at radius 1 is 0.966 bits per heavy atom. The van der Waals surface area contributed by atoms with Crippen LogP contribution in [0.4, 0.5) is 0 Å². The molecule has 29 heavy (non-hydrogen) atoms. The fourth-order valence-corrected chi connectivity index (χ4v) is 3.53. The van der Waals surface area contributed by atoms with Crippen molar-refractivity contribution < 1.29 is 9.21 Å². The number of nitrogens with zero attached hydrogens (tertiary/aromatic N) is 2. The molecule has 2 aromatic heterocycles. The summed E-state index contributed by atoms with van der Waals surface area (Å²) in [5.41, 5.74) is 5.61. The molecule has 4 nitrogen and oxygen atoms in total. The quantitative estimate of drug-likeness (QED) is 0.269. The number of carbonyl (C=O) groups excluding carboxylic acids is 1. The lowest BCUT2D eigenvalue weighted by molar-refractivity contribution is 0.0947. The Balaban J connectivity index is 1.36. The van der Waals surface area contributed by atoms with Crippen molar-refractivity contribution in [3.63, 3.8) is 0 Å². The van der Waals surface area contributed by atoms with Crippen LogP contribution in [0, 0.1) is 6.92 Å². The maximum absolute atomic E-state index is 12.5. The third-order valence-corrected chi connectivity index (χ3v) is 5.15. The van der Waals surface area contributed by atoms with Gasteiger partial charge < -0.3 is 4.42 Å². The van der Waals surface area contributed by atoms with Gasteiger partial charge in [-0.2, -0.15) is 4.98 Å². The van der Waals surface area contributed by atoms with Gasteiger partial charge >= 0.3 is 0 Å². The summed E-state index contributed by atoms with van der Waals surface area (Å²) in [6.07, 6.45) is 6.20. The van der Waals surface area contributed by atoms with E-state index in [0.717, 1.165) is 36.8 Å². The Kier molecular flexibility index (Phi) is 5.80. The van der Waals surface area contributed by atoms with Gasteiger partial charge in [-0.25, -0.2) is 4.98 Å². The van der Waals surface area contributed by atoms with Gasteiger partial charge in [-0.3, -0.25) is 4.79 Å². The van der Waals surface area contributed by atoms with Crippen LogP contribution in [-0.2, 0) is 6.42 Å². The minimum Gasteiger partial charge on any atom is -0.432 e. The second-order valence-corrected chi connectivity index (χ2v) is 7.35. The number of fused-ring (bicyclic) bond motifs is 1. The minimum absolute atomic E-state index is 0.0554. The first-order valence-corrected chi connectivity index (χ1v) is 10.1. The van der Waals surface area contributed by atoms with Crippen LogP contribution in [0.3, 0.4) is 0 Å². The van der Waals surface area contributed by atoms with E-state index in [1.807, 2.05) is 24.3 Å². The maximum Gasteiger partial charge on any atom is 0.265 e. The molecule has 0 spiro atoms. The molecule has 0 atom stereocenters. The summed E-state index contributed by atoms with van der Waals surface area (Å²) in [6.45, 7) is 2.06. The van der Waals surface area contributed by atoms with Crippen molar-refractivity contribution in [1.82, 2.24) is 9.97 Å². The van der Waals surface area contributed by atoms with Crippen LogP contribution in [0.25, 0.3) is 22.4 Å². The normalized spacial score (nSPS) is 11.1. The first-order chi connectivity index (χ1) is 14.2. The lowest BCUT2D eigenvalue weighted by Gasteiger charge is -2.04. The summed E-state index contributed by atoms with van der Waals surface area (Å²) in [7, 11) is 0. The topological polar surface area (TPSA) is 56.0 Å². The van der Waals surface area contributed by atoms with E-state index in [1.54, 1.807) is 6.20 Å². The molecule has 0 fully saturated rings. The first kappa shape index (κ1) is 19.1. The molecule has 4 aromatic rings. The smallest absolute Gasteiger partial charge is 0.265 e. The SMILES string of the molecule is Cc1ccccc1-c1cnc2nc(C(=O)CCCCCc3ccccc3)oc2c1. The summed E-state index contributed by atoms with van der Waals surface area (Å²) in [4.78, 5) is 21.1. The van der Waals surface area contributed by atoms with Crippen LogP contribution >= 0.6 is 0 Å². The molecule has 2 heterocycles. The van der Waals surface area contributed by atoms with E-state index in [1.165, 1.54) is 11.1 Å². The van der Waals surface area contributed by atoms with E-state index in [-0.39, 0.29) is 11.7 Å². The van der Waals surface area contributed by atoms with Crippen molar-refractivity contribution in [1.29, 1.82) is 0 Å². The summed E-state index contributed by atoms with van der Waals surface area (Å²) < 4.78 is 5.74. The molecular formula is C25H24N2O2. The number of hydrogen-bond donors (Lipinski definition) is 0. The third-order valence-electron chi connectivity index (χ3n) is 5.15. The number of hydrogen-bond acceptors (Lipinski definition) is 4. The van der Waals surface area contributed by atoms with Gasteiger partial charge in [0.2, 0.25) is 5.78 Å². The van der Waals surface area contributed by atoms with Crippen LogP contribution < -0.4 is 0 Å². The van der Waals surface area contributed by atoms with E-state index in [4.69, 9.17) is 4.42 Å². The van der Waals surface area contributed by atoms with Crippen LogP contribution in [0.1, 0.15) is 47.5 Å². The van der Waals surface area contributed by atoms with E-state index >= 15 is 0 Å². The van der Waals surface area contributed by atoms with Crippen molar-refractivity contribution in [3.05, 3.63) is 83.9 Å². The predicted octanol–water partition coefficient (Wildman–Crippen LogP) is 6.18. The van der Waals surface area contributed by atoms with Crippen LogP contribution in [-0.4, -0.2) is 15.8 Å². The minimum atomic E-state index is -0.0554. The number of oxazole rings is 1. The number of carbonyl (C=O) groups is 1. The highest BCUT2D eigenvalue weighted by atomic mass is 16.4.